The first-order valence-electron chi connectivity index (χ1n) is 13.5. The Labute approximate surface area is 254 Å². The van der Waals surface area contributed by atoms with Gasteiger partial charge in [-0.05, 0) is 0 Å². The van der Waals surface area contributed by atoms with Crippen molar-refractivity contribution in [3.8, 4) is 0 Å². The number of methoxy groups -OCH3 is 2. The van der Waals surface area contributed by atoms with Crippen LogP contribution in [0.2, 0.25) is 0 Å². The average molecular weight is 625 g/mol. The molecule has 244 valence electrons. The third-order valence-corrected chi connectivity index (χ3v) is 4.95. The van der Waals surface area contributed by atoms with E-state index in [9.17, 15) is 19.2 Å². The van der Waals surface area contributed by atoms with Crippen LogP contribution in [0.4, 0.5) is 0 Å². The summed E-state index contributed by atoms with van der Waals surface area (Å²) in [5.74, 6) is -1.58. The monoisotopic (exact) mass is 624 g/mol. The number of hydrogen-bond donors (Lipinski definition) is 6. The molecule has 0 unspecified atom stereocenters. The quantitative estimate of drug-likeness (QED) is 0.0814. The number of nitrogens with one attached hydrogen (secondary N) is 4. The summed E-state index contributed by atoms with van der Waals surface area (Å²) < 4.78 is 19.6. The van der Waals surface area contributed by atoms with Gasteiger partial charge in [0, 0.05) is 40.4 Å². The van der Waals surface area contributed by atoms with Crippen molar-refractivity contribution in [3.63, 3.8) is 0 Å². The molecule has 2 aromatic heterocycles. The molecule has 2 rings (SSSR count). The van der Waals surface area contributed by atoms with Crippen molar-refractivity contribution in [2.45, 2.75) is 0 Å². The zero-order valence-electron chi connectivity index (χ0n) is 24.7. The zero-order valence-corrected chi connectivity index (χ0v) is 24.7. The Hall–Kier alpha value is -4.20. The molecule has 0 aliphatic rings. The SMILES string of the molecule is COCCNC(=O)c1cnc(C(=O)NCCOC)cn1.O=C(NCCOCCO)c1cnc(C(=O)NCCOCCO)cn1. The maximum Gasteiger partial charge on any atom is 0.271 e. The summed E-state index contributed by atoms with van der Waals surface area (Å²) in [6, 6.07) is 0. The number of carbonyl (C=O) groups is 4. The van der Waals surface area contributed by atoms with Gasteiger partial charge in [-0.3, -0.25) is 19.2 Å². The summed E-state index contributed by atoms with van der Waals surface area (Å²) in [6.45, 7) is 2.98. The molecular formula is C26H40N8O10. The number of carbonyl (C=O) groups excluding carboxylic acids is 4. The van der Waals surface area contributed by atoms with Gasteiger partial charge >= 0.3 is 0 Å². The van der Waals surface area contributed by atoms with E-state index in [0.29, 0.717) is 26.3 Å². The van der Waals surface area contributed by atoms with Gasteiger partial charge in [-0.1, -0.05) is 0 Å². The maximum atomic E-state index is 11.8. The Kier molecular flexibility index (Phi) is 20.9. The predicted octanol–water partition coefficient (Wildman–Crippen LogP) is -2.82. The zero-order chi connectivity index (χ0) is 32.4. The van der Waals surface area contributed by atoms with E-state index in [-0.39, 0.29) is 87.3 Å². The average Bonchev–Trinajstić information content (AvgIpc) is 3.05. The third-order valence-electron chi connectivity index (χ3n) is 4.95. The first kappa shape index (κ1) is 37.8. The van der Waals surface area contributed by atoms with Gasteiger partial charge in [-0.2, -0.15) is 0 Å². The van der Waals surface area contributed by atoms with E-state index in [4.69, 9.17) is 29.2 Å². The highest BCUT2D eigenvalue weighted by Gasteiger charge is 2.12. The highest BCUT2D eigenvalue weighted by Crippen LogP contribution is 1.97. The van der Waals surface area contributed by atoms with Crippen molar-refractivity contribution in [2.24, 2.45) is 0 Å². The fraction of sp³-hybridized carbons (Fsp3) is 0.538. The molecule has 4 amide bonds. The van der Waals surface area contributed by atoms with Gasteiger partial charge in [0.2, 0.25) is 0 Å². The van der Waals surface area contributed by atoms with Gasteiger partial charge in [0.1, 0.15) is 22.8 Å². The highest BCUT2D eigenvalue weighted by atomic mass is 16.5. The number of nitrogens with zero attached hydrogens (tertiary/aromatic N) is 4. The third kappa shape index (κ3) is 16.4. The van der Waals surface area contributed by atoms with Gasteiger partial charge < -0.3 is 50.4 Å². The van der Waals surface area contributed by atoms with Crippen LogP contribution < -0.4 is 21.3 Å². The number of aliphatic hydroxyl groups is 2. The summed E-state index contributed by atoms with van der Waals surface area (Å²) in [4.78, 5) is 62.4. The van der Waals surface area contributed by atoms with E-state index < -0.39 is 11.8 Å². The van der Waals surface area contributed by atoms with Crippen LogP contribution in [0.1, 0.15) is 42.0 Å². The van der Waals surface area contributed by atoms with Gasteiger partial charge in [-0.25, -0.2) is 19.9 Å². The van der Waals surface area contributed by atoms with E-state index in [1.54, 1.807) is 14.2 Å². The van der Waals surface area contributed by atoms with Crippen LogP contribution in [-0.2, 0) is 18.9 Å². The topological polar surface area (TPSA) is 245 Å². The number of hydrogen-bond acceptors (Lipinski definition) is 14. The summed E-state index contributed by atoms with van der Waals surface area (Å²) in [5, 5.41) is 27.4. The van der Waals surface area contributed by atoms with Crippen molar-refractivity contribution in [1.82, 2.24) is 41.2 Å². The first-order chi connectivity index (χ1) is 21.4. The Morgan fingerprint density at radius 1 is 0.523 bits per heavy atom. The van der Waals surface area contributed by atoms with Crippen molar-refractivity contribution in [1.29, 1.82) is 0 Å². The van der Waals surface area contributed by atoms with Crippen LogP contribution in [0.3, 0.4) is 0 Å². The van der Waals surface area contributed by atoms with Crippen LogP contribution in [0.15, 0.2) is 24.8 Å². The molecule has 0 atom stereocenters. The standard InChI is InChI=1S/C14H22N4O6.C12H18N4O4/c19-3-7-23-5-1-15-13(21)11-9-18-12(10-17-11)14(22)16-2-6-24-8-4-20;1-19-5-3-13-11(17)9-7-16-10(8-15-9)12(18)14-4-6-20-2/h9-10,19-20H,1-8H2,(H,15,21)(H,16,22);7-8H,3-6H2,1-2H3,(H,13,17)(H,14,18). The second-order valence-electron chi connectivity index (χ2n) is 8.25. The Balaban J connectivity index is 0.000000447. The minimum Gasteiger partial charge on any atom is -0.394 e. The number of aromatic nitrogens is 4. The van der Waals surface area contributed by atoms with E-state index in [1.807, 2.05) is 0 Å². The van der Waals surface area contributed by atoms with Gasteiger partial charge in [-0.15, -0.1) is 0 Å². The maximum absolute atomic E-state index is 11.8. The normalized spacial score (nSPS) is 10.3. The molecule has 0 fully saturated rings. The number of amides is 4. The molecule has 2 aromatic rings. The molecule has 0 aliphatic carbocycles. The van der Waals surface area contributed by atoms with E-state index >= 15 is 0 Å². The molecule has 2 heterocycles. The van der Waals surface area contributed by atoms with E-state index in [1.165, 1.54) is 24.8 Å². The lowest BCUT2D eigenvalue weighted by Gasteiger charge is -2.06. The molecule has 18 nitrogen and oxygen atoms in total. The molecule has 0 aliphatic heterocycles. The molecule has 6 N–H and O–H groups in total. The Bertz CT molecular complexity index is 1020. The molecule has 0 radical (unpaired) electrons. The largest absolute Gasteiger partial charge is 0.394 e. The lowest BCUT2D eigenvalue weighted by Crippen LogP contribution is -2.30. The molecule has 0 bridgehead atoms. The van der Waals surface area contributed by atoms with Gasteiger partial charge in [0.15, 0.2) is 0 Å². The molecule has 18 heteroatoms. The van der Waals surface area contributed by atoms with Crippen molar-refractivity contribution in [2.75, 3.05) is 93.3 Å². The number of ether oxygens (including phenoxy) is 4. The first-order valence-corrected chi connectivity index (χ1v) is 13.5. The van der Waals surface area contributed by atoms with E-state index in [0.717, 1.165) is 0 Å². The Morgan fingerprint density at radius 3 is 1.02 bits per heavy atom. The van der Waals surface area contributed by atoms with Crippen molar-refractivity contribution in [3.05, 3.63) is 47.6 Å². The van der Waals surface area contributed by atoms with Gasteiger partial charge in [0.25, 0.3) is 23.6 Å². The minimum atomic E-state index is -0.431. The number of aliphatic hydroxyl groups excluding tert-OH is 2. The molecule has 0 saturated heterocycles. The molecule has 0 aromatic carbocycles. The molecule has 44 heavy (non-hydrogen) atoms. The van der Waals surface area contributed by atoms with Crippen LogP contribution in [0.5, 0.6) is 0 Å². The lowest BCUT2D eigenvalue weighted by molar-refractivity contribution is 0.0826. The predicted molar refractivity (Wildman–Crippen MR) is 153 cm³/mol. The molecule has 0 saturated carbocycles. The van der Waals surface area contributed by atoms with Crippen molar-refractivity contribution >= 4 is 23.6 Å². The van der Waals surface area contributed by atoms with Crippen molar-refractivity contribution < 1.29 is 48.3 Å². The van der Waals surface area contributed by atoms with Crippen LogP contribution in [0, 0.1) is 0 Å². The Morgan fingerprint density at radius 2 is 0.795 bits per heavy atom. The van der Waals surface area contributed by atoms with Crippen LogP contribution >= 0.6 is 0 Å². The second-order valence-corrected chi connectivity index (χ2v) is 8.25. The van der Waals surface area contributed by atoms with Crippen LogP contribution in [-0.4, -0.2) is 147 Å². The fourth-order valence-electron chi connectivity index (χ4n) is 2.83. The smallest absolute Gasteiger partial charge is 0.271 e. The highest BCUT2D eigenvalue weighted by molar-refractivity contribution is 5.95. The minimum absolute atomic E-state index is 0.0729. The lowest BCUT2D eigenvalue weighted by atomic mass is 10.3. The summed E-state index contributed by atoms with van der Waals surface area (Å²) in [5.41, 5.74) is 0.462. The molecular weight excluding hydrogens is 584 g/mol. The summed E-state index contributed by atoms with van der Waals surface area (Å²) in [7, 11) is 3.09. The second kappa shape index (κ2) is 24.3. The molecule has 0 spiro atoms. The number of rotatable bonds is 20. The fourth-order valence-corrected chi connectivity index (χ4v) is 2.83. The summed E-state index contributed by atoms with van der Waals surface area (Å²) >= 11 is 0. The van der Waals surface area contributed by atoms with Crippen LogP contribution in [0.25, 0.3) is 0 Å². The van der Waals surface area contributed by atoms with Gasteiger partial charge in [0.05, 0.1) is 77.6 Å². The summed E-state index contributed by atoms with van der Waals surface area (Å²) in [6.07, 6.45) is 4.93. The van der Waals surface area contributed by atoms with E-state index in [2.05, 4.69) is 41.2 Å².